The third-order valence-corrected chi connectivity index (χ3v) is 2.73. The summed E-state index contributed by atoms with van der Waals surface area (Å²) in [7, 11) is 0. The molecule has 0 radical (unpaired) electrons. The number of hydrogen-bond acceptors (Lipinski definition) is 3. The molecule has 3 rings (SSSR count). The molecule has 0 saturated heterocycles. The van der Waals surface area contributed by atoms with Crippen LogP contribution in [0.4, 0.5) is 8.78 Å². The average molecular weight is 256 g/mol. The van der Waals surface area contributed by atoms with Gasteiger partial charge in [-0.25, -0.2) is 8.78 Å². The Bertz CT molecular complexity index is 797. The molecule has 6 heteroatoms. The lowest BCUT2D eigenvalue weighted by Crippen LogP contribution is -1.95. The highest BCUT2D eigenvalue weighted by Crippen LogP contribution is 2.24. The van der Waals surface area contributed by atoms with E-state index in [0.717, 1.165) is 12.1 Å². The van der Waals surface area contributed by atoms with E-state index in [1.54, 1.807) is 0 Å². The molecule has 4 nitrogen and oxygen atoms in total. The van der Waals surface area contributed by atoms with E-state index in [-0.39, 0.29) is 11.4 Å². The van der Waals surface area contributed by atoms with E-state index in [2.05, 4.69) is 10.2 Å². The van der Waals surface area contributed by atoms with Crippen LogP contribution in [0.1, 0.15) is 5.56 Å². The van der Waals surface area contributed by atoms with Gasteiger partial charge in [0.2, 0.25) is 0 Å². The Hall–Kier alpha value is -2.81. The first-order valence-corrected chi connectivity index (χ1v) is 5.40. The first kappa shape index (κ1) is 11.3. The molecule has 0 aliphatic heterocycles. The van der Waals surface area contributed by atoms with E-state index >= 15 is 0 Å². The fourth-order valence-electron chi connectivity index (χ4n) is 1.84. The maximum Gasteiger partial charge on any atom is 0.174 e. The van der Waals surface area contributed by atoms with Crippen LogP contribution in [0, 0.1) is 23.0 Å². The van der Waals surface area contributed by atoms with Gasteiger partial charge in [-0.15, -0.1) is 10.2 Å². The molecular formula is C13H6F2N4. The normalized spacial score (nSPS) is 10.6. The minimum absolute atomic E-state index is 0.0649. The SMILES string of the molecule is N#Cc1ccn2c(-c3c(F)cccc3F)nnc2c1. The molecule has 0 fully saturated rings. The maximum atomic E-state index is 13.7. The van der Waals surface area contributed by atoms with E-state index < -0.39 is 11.6 Å². The van der Waals surface area contributed by atoms with Crippen molar-refractivity contribution in [2.24, 2.45) is 0 Å². The number of hydrogen-bond donors (Lipinski definition) is 0. The van der Waals surface area contributed by atoms with E-state index in [9.17, 15) is 8.78 Å². The van der Waals surface area contributed by atoms with Crippen molar-refractivity contribution in [2.75, 3.05) is 0 Å². The summed E-state index contributed by atoms with van der Waals surface area (Å²) in [5.74, 6) is -1.35. The second-order valence-electron chi connectivity index (χ2n) is 3.88. The lowest BCUT2D eigenvalue weighted by Gasteiger charge is -2.03. The Morgan fingerprint density at radius 2 is 1.84 bits per heavy atom. The molecule has 3 aromatic rings. The first-order valence-electron chi connectivity index (χ1n) is 5.40. The standard InChI is InChI=1S/C13H6F2N4/c14-9-2-1-3-10(15)12(9)13-18-17-11-6-8(7-16)4-5-19(11)13/h1-6H. The molecule has 2 heterocycles. The van der Waals surface area contributed by atoms with E-state index in [1.165, 1.54) is 28.8 Å². The Labute approximate surface area is 106 Å². The molecule has 92 valence electrons. The van der Waals surface area contributed by atoms with Gasteiger partial charge >= 0.3 is 0 Å². The molecule has 0 unspecified atom stereocenters. The summed E-state index contributed by atoms with van der Waals surface area (Å²) in [5.41, 5.74) is 0.525. The van der Waals surface area contributed by atoms with Crippen LogP contribution >= 0.6 is 0 Å². The molecule has 0 aliphatic carbocycles. The van der Waals surface area contributed by atoms with Crippen molar-refractivity contribution in [3.63, 3.8) is 0 Å². The molecule has 1 aromatic carbocycles. The predicted octanol–water partition coefficient (Wildman–Crippen LogP) is 2.55. The molecule has 0 aliphatic rings. The first-order chi connectivity index (χ1) is 9.20. The largest absolute Gasteiger partial charge is 0.282 e. The smallest absolute Gasteiger partial charge is 0.174 e. The number of pyridine rings is 1. The van der Waals surface area contributed by atoms with Crippen molar-refractivity contribution in [3.05, 3.63) is 53.7 Å². The minimum Gasteiger partial charge on any atom is -0.282 e. The summed E-state index contributed by atoms with van der Waals surface area (Å²) in [4.78, 5) is 0. The summed E-state index contributed by atoms with van der Waals surface area (Å²) in [5, 5.41) is 16.4. The van der Waals surface area contributed by atoms with Crippen LogP contribution in [0.3, 0.4) is 0 Å². The second-order valence-corrected chi connectivity index (χ2v) is 3.88. The van der Waals surface area contributed by atoms with Gasteiger partial charge in [0.25, 0.3) is 0 Å². The zero-order chi connectivity index (χ0) is 13.4. The molecule has 0 amide bonds. The van der Waals surface area contributed by atoms with Gasteiger partial charge < -0.3 is 0 Å². The van der Waals surface area contributed by atoms with Gasteiger partial charge in [-0.3, -0.25) is 4.40 Å². The van der Waals surface area contributed by atoms with Crippen LogP contribution in [0.25, 0.3) is 17.0 Å². The van der Waals surface area contributed by atoms with Crippen LogP contribution in [0.5, 0.6) is 0 Å². The highest BCUT2D eigenvalue weighted by molar-refractivity contribution is 5.61. The van der Waals surface area contributed by atoms with Crippen LogP contribution in [-0.4, -0.2) is 14.6 Å². The van der Waals surface area contributed by atoms with Gasteiger partial charge in [0.1, 0.15) is 11.6 Å². The number of nitrogens with zero attached hydrogens (tertiary/aromatic N) is 4. The predicted molar refractivity (Wildman–Crippen MR) is 63.1 cm³/mol. The minimum atomic E-state index is -0.710. The number of fused-ring (bicyclic) bond motifs is 1. The summed E-state index contributed by atoms with van der Waals surface area (Å²) in [6.07, 6.45) is 1.51. The van der Waals surface area contributed by atoms with Crippen LogP contribution in [0.2, 0.25) is 0 Å². The molecule has 19 heavy (non-hydrogen) atoms. The summed E-state index contributed by atoms with van der Waals surface area (Å²) in [6.45, 7) is 0. The van der Waals surface area contributed by atoms with Crippen molar-refractivity contribution in [2.45, 2.75) is 0 Å². The van der Waals surface area contributed by atoms with Gasteiger partial charge in [-0.05, 0) is 18.2 Å². The van der Waals surface area contributed by atoms with Gasteiger partial charge in [-0.1, -0.05) is 6.07 Å². The van der Waals surface area contributed by atoms with Gasteiger partial charge in [0, 0.05) is 12.3 Å². The van der Waals surface area contributed by atoms with Crippen molar-refractivity contribution < 1.29 is 8.78 Å². The Morgan fingerprint density at radius 3 is 2.53 bits per heavy atom. The topological polar surface area (TPSA) is 54.0 Å². The number of benzene rings is 1. The number of rotatable bonds is 1. The Balaban J connectivity index is 2.30. The molecule has 0 N–H and O–H groups in total. The third-order valence-electron chi connectivity index (χ3n) is 2.73. The third kappa shape index (κ3) is 1.72. The maximum absolute atomic E-state index is 13.7. The zero-order valence-corrected chi connectivity index (χ0v) is 9.51. The highest BCUT2D eigenvalue weighted by atomic mass is 19.1. The molecule has 2 aromatic heterocycles. The molecule has 0 bridgehead atoms. The molecule has 0 saturated carbocycles. The average Bonchev–Trinajstić information content (AvgIpc) is 2.81. The van der Waals surface area contributed by atoms with Crippen LogP contribution in [-0.2, 0) is 0 Å². The van der Waals surface area contributed by atoms with Gasteiger partial charge in [0.05, 0.1) is 17.2 Å². The lowest BCUT2D eigenvalue weighted by atomic mass is 10.2. The molecule has 0 spiro atoms. The quantitative estimate of drug-likeness (QED) is 0.672. The van der Waals surface area contributed by atoms with Crippen LogP contribution < -0.4 is 0 Å². The lowest BCUT2D eigenvalue weighted by molar-refractivity contribution is 0.587. The van der Waals surface area contributed by atoms with Crippen molar-refractivity contribution in [3.8, 4) is 17.5 Å². The van der Waals surface area contributed by atoms with Gasteiger partial charge in [0.15, 0.2) is 11.5 Å². The fraction of sp³-hybridized carbons (Fsp3) is 0. The second kappa shape index (κ2) is 4.14. The van der Waals surface area contributed by atoms with Crippen molar-refractivity contribution in [1.82, 2.24) is 14.6 Å². The number of halogens is 2. The Morgan fingerprint density at radius 1 is 1.11 bits per heavy atom. The van der Waals surface area contributed by atoms with Crippen LogP contribution in [0.15, 0.2) is 36.5 Å². The summed E-state index contributed by atoms with van der Waals surface area (Å²) < 4.78 is 28.9. The van der Waals surface area contributed by atoms with E-state index in [0.29, 0.717) is 11.2 Å². The van der Waals surface area contributed by atoms with E-state index in [1.807, 2.05) is 6.07 Å². The van der Waals surface area contributed by atoms with Crippen molar-refractivity contribution >= 4 is 5.65 Å². The number of aromatic nitrogens is 3. The molecular weight excluding hydrogens is 250 g/mol. The number of nitriles is 1. The summed E-state index contributed by atoms with van der Waals surface area (Å²) >= 11 is 0. The van der Waals surface area contributed by atoms with E-state index in [4.69, 9.17) is 5.26 Å². The Kier molecular flexibility index (Phi) is 2.46. The van der Waals surface area contributed by atoms with Crippen molar-refractivity contribution in [1.29, 1.82) is 5.26 Å². The highest BCUT2D eigenvalue weighted by Gasteiger charge is 2.17. The fourth-order valence-corrected chi connectivity index (χ4v) is 1.84. The zero-order valence-electron chi connectivity index (χ0n) is 9.51. The monoisotopic (exact) mass is 256 g/mol. The van der Waals surface area contributed by atoms with Gasteiger partial charge in [-0.2, -0.15) is 5.26 Å². The molecule has 0 atom stereocenters. The summed E-state index contributed by atoms with van der Waals surface area (Å²) in [6, 6.07) is 8.58.